The molecule has 108 valence electrons. The number of carbonyl (C=O) groups excluding carboxylic acids is 1. The molecule has 0 spiro atoms. The molecule has 0 radical (unpaired) electrons. The molecule has 2 aromatic rings. The van der Waals surface area contributed by atoms with Gasteiger partial charge in [0, 0.05) is 11.1 Å². The summed E-state index contributed by atoms with van der Waals surface area (Å²) in [7, 11) is 0. The molecule has 1 heterocycles. The third kappa shape index (κ3) is 3.39. The molecule has 0 aliphatic carbocycles. The molecular weight excluding hydrogens is 287 g/mol. The van der Waals surface area contributed by atoms with Crippen molar-refractivity contribution >= 4 is 5.91 Å². The van der Waals surface area contributed by atoms with Crippen molar-refractivity contribution < 1.29 is 22.5 Å². The van der Waals surface area contributed by atoms with Gasteiger partial charge in [-0.3, -0.25) is 4.79 Å². The fourth-order valence-electron chi connectivity index (χ4n) is 1.46. The van der Waals surface area contributed by atoms with Crippen LogP contribution >= 0.6 is 0 Å². The van der Waals surface area contributed by atoms with Crippen LogP contribution in [0.5, 0.6) is 0 Å². The predicted molar refractivity (Wildman–Crippen MR) is 65.9 cm³/mol. The Hall–Kier alpha value is -2.82. The van der Waals surface area contributed by atoms with Crippen molar-refractivity contribution in [2.75, 3.05) is 6.54 Å². The molecule has 0 aliphatic heterocycles. The Balaban J connectivity index is 2.18. The quantitative estimate of drug-likeness (QED) is 0.881. The first-order chi connectivity index (χ1) is 9.91. The lowest BCUT2D eigenvalue weighted by Crippen LogP contribution is -2.23. The monoisotopic (exact) mass is 295 g/mol. The molecule has 0 unspecified atom stereocenters. The van der Waals surface area contributed by atoms with Crippen LogP contribution in [0, 0.1) is 12.3 Å². The minimum atomic E-state index is -4.69. The first-order valence-corrected chi connectivity index (χ1v) is 5.65. The molecule has 0 fully saturated rings. The summed E-state index contributed by atoms with van der Waals surface area (Å²) in [6.07, 6.45) is 0.315. The zero-order chi connectivity index (χ0) is 15.5. The number of hydrogen-bond acceptors (Lipinski definition) is 4. The third-order valence-electron chi connectivity index (χ3n) is 2.42. The molecular formula is C13H8F3N3O2. The van der Waals surface area contributed by atoms with Crippen LogP contribution in [0.15, 0.2) is 28.8 Å². The molecule has 0 aliphatic rings. The largest absolute Gasteiger partial charge is 0.471 e. The molecule has 0 saturated carbocycles. The SMILES string of the molecule is C#CCNC(=O)c1ccc(-c2noc(C(F)(F)F)n2)cc1. The van der Waals surface area contributed by atoms with Gasteiger partial charge >= 0.3 is 12.1 Å². The van der Waals surface area contributed by atoms with E-state index in [1.165, 1.54) is 24.3 Å². The first kappa shape index (κ1) is 14.6. The molecule has 1 amide bonds. The van der Waals surface area contributed by atoms with E-state index < -0.39 is 12.1 Å². The molecule has 0 saturated heterocycles. The van der Waals surface area contributed by atoms with Crippen LogP contribution in [-0.2, 0) is 6.18 Å². The Morgan fingerprint density at radius 2 is 2.00 bits per heavy atom. The number of benzene rings is 1. The highest BCUT2D eigenvalue weighted by Gasteiger charge is 2.38. The average Bonchev–Trinajstić information content (AvgIpc) is 2.95. The van der Waals surface area contributed by atoms with Crippen LogP contribution in [0.2, 0.25) is 0 Å². The molecule has 1 aromatic heterocycles. The van der Waals surface area contributed by atoms with E-state index in [1.807, 2.05) is 0 Å². The minimum Gasteiger partial charge on any atom is -0.341 e. The Kier molecular flexibility index (Phi) is 3.93. The van der Waals surface area contributed by atoms with Crippen LogP contribution in [0.3, 0.4) is 0 Å². The van der Waals surface area contributed by atoms with Crippen molar-refractivity contribution in [1.29, 1.82) is 0 Å². The average molecular weight is 295 g/mol. The summed E-state index contributed by atoms with van der Waals surface area (Å²) in [5, 5.41) is 5.70. The van der Waals surface area contributed by atoms with Crippen LogP contribution in [-0.4, -0.2) is 22.6 Å². The first-order valence-electron chi connectivity index (χ1n) is 5.65. The second-order valence-corrected chi connectivity index (χ2v) is 3.89. The van der Waals surface area contributed by atoms with Gasteiger partial charge in [-0.2, -0.15) is 18.2 Å². The molecule has 21 heavy (non-hydrogen) atoms. The van der Waals surface area contributed by atoms with E-state index in [4.69, 9.17) is 6.42 Å². The molecule has 0 bridgehead atoms. The van der Waals surface area contributed by atoms with E-state index in [0.717, 1.165) is 0 Å². The number of rotatable bonds is 3. The van der Waals surface area contributed by atoms with Crippen molar-refractivity contribution in [2.24, 2.45) is 0 Å². The number of alkyl halides is 3. The fraction of sp³-hybridized carbons (Fsp3) is 0.154. The van der Waals surface area contributed by atoms with E-state index in [0.29, 0.717) is 11.1 Å². The van der Waals surface area contributed by atoms with Gasteiger partial charge < -0.3 is 9.84 Å². The summed E-state index contributed by atoms with van der Waals surface area (Å²) < 4.78 is 41.1. The van der Waals surface area contributed by atoms with Crippen molar-refractivity contribution in [1.82, 2.24) is 15.5 Å². The lowest BCUT2D eigenvalue weighted by Gasteiger charge is -2.02. The standard InChI is InChI=1S/C13H8F3N3O2/c1-2-7-17-11(20)9-5-3-8(4-6-9)10-18-12(21-19-10)13(14,15)16/h1,3-6H,7H2,(H,17,20). The zero-order valence-corrected chi connectivity index (χ0v) is 10.4. The van der Waals surface area contributed by atoms with Gasteiger partial charge in [0.15, 0.2) is 0 Å². The number of nitrogens with one attached hydrogen (secondary N) is 1. The van der Waals surface area contributed by atoms with Crippen LogP contribution in [0.4, 0.5) is 13.2 Å². The topological polar surface area (TPSA) is 68.0 Å². The van der Waals surface area contributed by atoms with Gasteiger partial charge in [-0.15, -0.1) is 6.42 Å². The third-order valence-corrected chi connectivity index (χ3v) is 2.42. The molecule has 0 atom stereocenters. The summed E-state index contributed by atoms with van der Waals surface area (Å²) in [5.41, 5.74) is 0.608. The second-order valence-electron chi connectivity index (χ2n) is 3.89. The highest BCUT2D eigenvalue weighted by Crippen LogP contribution is 2.29. The minimum absolute atomic E-state index is 0.0837. The Morgan fingerprint density at radius 1 is 1.33 bits per heavy atom. The number of aromatic nitrogens is 2. The highest BCUT2D eigenvalue weighted by molar-refractivity contribution is 5.94. The van der Waals surface area contributed by atoms with Gasteiger partial charge in [-0.25, -0.2) is 0 Å². The summed E-state index contributed by atoms with van der Waals surface area (Å²) in [4.78, 5) is 14.8. The maximum absolute atomic E-state index is 12.3. The number of halogens is 3. The summed E-state index contributed by atoms with van der Waals surface area (Å²) >= 11 is 0. The van der Waals surface area contributed by atoms with Crippen molar-refractivity contribution in [2.45, 2.75) is 6.18 Å². The molecule has 5 nitrogen and oxygen atoms in total. The van der Waals surface area contributed by atoms with Crippen molar-refractivity contribution in [3.05, 3.63) is 35.7 Å². The smallest absolute Gasteiger partial charge is 0.341 e. The number of hydrogen-bond donors (Lipinski definition) is 1. The lowest BCUT2D eigenvalue weighted by atomic mass is 10.1. The maximum Gasteiger partial charge on any atom is 0.471 e. The summed E-state index contributed by atoms with van der Waals surface area (Å²) in [6.45, 7) is 0.0837. The Morgan fingerprint density at radius 3 is 2.52 bits per heavy atom. The van der Waals surface area contributed by atoms with Gasteiger partial charge in [0.1, 0.15) is 0 Å². The zero-order valence-electron chi connectivity index (χ0n) is 10.4. The van der Waals surface area contributed by atoms with E-state index in [9.17, 15) is 18.0 Å². The number of terminal acetylenes is 1. The highest BCUT2D eigenvalue weighted by atomic mass is 19.4. The second kappa shape index (κ2) is 5.66. The van der Waals surface area contributed by atoms with Crippen molar-refractivity contribution in [3.8, 4) is 23.7 Å². The molecule has 1 aromatic carbocycles. The van der Waals surface area contributed by atoms with Gasteiger partial charge in [0.2, 0.25) is 5.82 Å². The van der Waals surface area contributed by atoms with Gasteiger partial charge in [0.05, 0.1) is 6.54 Å². The van der Waals surface area contributed by atoms with Crippen LogP contribution in [0.1, 0.15) is 16.2 Å². The van der Waals surface area contributed by atoms with E-state index in [-0.39, 0.29) is 18.3 Å². The van der Waals surface area contributed by atoms with E-state index in [2.05, 4.69) is 25.9 Å². The Bertz CT molecular complexity index is 684. The van der Waals surface area contributed by atoms with Crippen molar-refractivity contribution in [3.63, 3.8) is 0 Å². The normalized spacial score (nSPS) is 11.0. The predicted octanol–water partition coefficient (Wildman–Crippen LogP) is 2.12. The number of carbonyl (C=O) groups is 1. The van der Waals surface area contributed by atoms with Crippen LogP contribution in [0.25, 0.3) is 11.4 Å². The molecule has 1 N–H and O–H groups in total. The van der Waals surface area contributed by atoms with Gasteiger partial charge in [0.25, 0.3) is 5.91 Å². The van der Waals surface area contributed by atoms with Crippen LogP contribution < -0.4 is 5.32 Å². The maximum atomic E-state index is 12.3. The van der Waals surface area contributed by atoms with Gasteiger partial charge in [-0.05, 0) is 12.1 Å². The lowest BCUT2D eigenvalue weighted by molar-refractivity contribution is -0.159. The molecule has 8 heteroatoms. The summed E-state index contributed by atoms with van der Waals surface area (Å²) in [6, 6.07) is 5.67. The molecule has 2 rings (SSSR count). The van der Waals surface area contributed by atoms with E-state index in [1.54, 1.807) is 0 Å². The fourth-order valence-corrected chi connectivity index (χ4v) is 1.46. The van der Waals surface area contributed by atoms with Gasteiger partial charge in [-0.1, -0.05) is 23.2 Å². The summed E-state index contributed by atoms with van der Waals surface area (Å²) in [5.74, 6) is 0.233. The number of nitrogens with zero attached hydrogens (tertiary/aromatic N) is 2. The number of amides is 1. The van der Waals surface area contributed by atoms with E-state index >= 15 is 0 Å². The Labute approximate surface area is 117 Å².